The number of amidine groups is 1. The fourth-order valence-electron chi connectivity index (χ4n) is 2.51. The number of benzene rings is 1. The van der Waals surface area contributed by atoms with Crippen LogP contribution in [-0.4, -0.2) is 60.3 Å². The van der Waals surface area contributed by atoms with Gasteiger partial charge in [-0.25, -0.2) is 13.7 Å². The highest BCUT2D eigenvalue weighted by Crippen LogP contribution is 2.21. The minimum atomic E-state index is -3.37. The van der Waals surface area contributed by atoms with Gasteiger partial charge in [0.05, 0.1) is 4.47 Å². The van der Waals surface area contributed by atoms with Gasteiger partial charge >= 0.3 is 0 Å². The van der Waals surface area contributed by atoms with Crippen molar-refractivity contribution >= 4 is 43.5 Å². The van der Waals surface area contributed by atoms with Crippen LogP contribution < -0.4 is 15.4 Å². The summed E-state index contributed by atoms with van der Waals surface area (Å²) in [6, 6.07) is 4.16. The van der Waals surface area contributed by atoms with Crippen molar-refractivity contribution < 1.29 is 22.6 Å². The van der Waals surface area contributed by atoms with Crippen LogP contribution in [0.15, 0.2) is 32.5 Å². The molecule has 2 heterocycles. The van der Waals surface area contributed by atoms with Gasteiger partial charge < -0.3 is 15.8 Å². The fourth-order valence-corrected chi connectivity index (χ4v) is 4.12. The van der Waals surface area contributed by atoms with E-state index in [1.54, 1.807) is 0 Å². The lowest BCUT2D eigenvalue weighted by molar-refractivity contribution is 0.305. The Morgan fingerprint density at radius 2 is 2.29 bits per heavy atom. The zero-order chi connectivity index (χ0) is 20.1. The second-order valence-corrected chi connectivity index (χ2v) is 8.35. The van der Waals surface area contributed by atoms with Crippen LogP contribution >= 0.6 is 15.9 Å². The van der Waals surface area contributed by atoms with Crippen molar-refractivity contribution in [1.29, 1.82) is 0 Å². The number of rotatable bonds is 7. The highest BCUT2D eigenvalue weighted by atomic mass is 79.9. The summed E-state index contributed by atoms with van der Waals surface area (Å²) < 4.78 is 45.4. The molecule has 152 valence electrons. The molecule has 14 heteroatoms. The maximum absolute atomic E-state index is 13.3. The second kappa shape index (κ2) is 8.81. The monoisotopic (exact) mass is 477 g/mol. The molecule has 28 heavy (non-hydrogen) atoms. The first-order chi connectivity index (χ1) is 13.4. The van der Waals surface area contributed by atoms with E-state index in [0.29, 0.717) is 38.3 Å². The van der Waals surface area contributed by atoms with Crippen molar-refractivity contribution in [2.75, 3.05) is 36.8 Å². The summed E-state index contributed by atoms with van der Waals surface area (Å²) in [5, 5.41) is 25.6. The number of hydrogen-bond donors (Lipinski definition) is 4. The Kier molecular flexibility index (Phi) is 6.43. The lowest BCUT2D eigenvalue weighted by Crippen LogP contribution is -2.31. The predicted molar refractivity (Wildman–Crippen MR) is 102 cm³/mol. The summed E-state index contributed by atoms with van der Waals surface area (Å²) in [7, 11) is -3.37. The number of aromatic nitrogens is 2. The van der Waals surface area contributed by atoms with E-state index in [4.69, 9.17) is 4.63 Å². The van der Waals surface area contributed by atoms with E-state index in [1.807, 2.05) is 0 Å². The average Bonchev–Trinajstić information content (AvgIpc) is 3.25. The minimum absolute atomic E-state index is 0.0615. The van der Waals surface area contributed by atoms with Crippen LogP contribution in [0.2, 0.25) is 0 Å². The van der Waals surface area contributed by atoms with Crippen LogP contribution in [0.3, 0.4) is 0 Å². The van der Waals surface area contributed by atoms with Crippen LogP contribution in [0.1, 0.15) is 12.1 Å². The van der Waals surface area contributed by atoms with Crippen molar-refractivity contribution in [3.05, 3.63) is 34.2 Å². The van der Waals surface area contributed by atoms with Gasteiger partial charge in [0.15, 0.2) is 5.69 Å². The largest absolute Gasteiger partial charge is 0.409 e. The maximum atomic E-state index is 13.3. The van der Waals surface area contributed by atoms with Crippen LogP contribution in [0.4, 0.5) is 15.9 Å². The number of nitrogens with one attached hydrogen (secondary N) is 3. The first-order valence-corrected chi connectivity index (χ1v) is 10.4. The minimum Gasteiger partial charge on any atom is -0.409 e. The van der Waals surface area contributed by atoms with Gasteiger partial charge in [0.25, 0.3) is 10.2 Å². The molecular weight excluding hydrogens is 461 g/mol. The molecule has 1 saturated heterocycles. The lowest BCUT2D eigenvalue weighted by Gasteiger charge is -2.13. The third-order valence-electron chi connectivity index (χ3n) is 3.86. The van der Waals surface area contributed by atoms with E-state index in [-0.39, 0.29) is 21.8 Å². The molecule has 0 saturated carbocycles. The molecule has 2 aromatic rings. The molecule has 0 unspecified atom stereocenters. The third kappa shape index (κ3) is 4.76. The third-order valence-corrected chi connectivity index (χ3v) is 6.08. The molecule has 0 radical (unpaired) electrons. The van der Waals surface area contributed by atoms with Crippen LogP contribution in [0.5, 0.6) is 0 Å². The van der Waals surface area contributed by atoms with Crippen LogP contribution in [0.25, 0.3) is 0 Å². The standard InChI is InChI=1S/C14H17BrFN7O4S/c15-10-8-9(2-3-11(10)16)19-14(20-24)12-13(22-27-21-12)17-4-1-6-23-7-5-18-28(23,25)26/h2-3,8,18,24H,1,4-7H2,(H,17,22)(H,19,20). The predicted octanol–water partition coefficient (Wildman–Crippen LogP) is 1.17. The molecule has 11 nitrogen and oxygen atoms in total. The molecular formula is C14H17BrFN7O4S. The summed E-state index contributed by atoms with van der Waals surface area (Å²) >= 11 is 3.07. The normalized spacial score (nSPS) is 17.0. The number of halogens is 2. The summed E-state index contributed by atoms with van der Waals surface area (Å²) in [5.74, 6) is -0.286. The van der Waals surface area contributed by atoms with Gasteiger partial charge in [-0.3, -0.25) is 0 Å². The van der Waals surface area contributed by atoms with Gasteiger partial charge in [0, 0.05) is 31.9 Å². The summed E-state index contributed by atoms with van der Waals surface area (Å²) in [6.07, 6.45) is 0.511. The van der Waals surface area contributed by atoms with E-state index < -0.39 is 16.0 Å². The van der Waals surface area contributed by atoms with Crippen molar-refractivity contribution in [3.8, 4) is 0 Å². The van der Waals surface area contributed by atoms with E-state index in [0.717, 1.165) is 0 Å². The zero-order valence-electron chi connectivity index (χ0n) is 14.4. The fraction of sp³-hybridized carbons (Fsp3) is 0.357. The Morgan fingerprint density at radius 1 is 1.46 bits per heavy atom. The molecule has 0 bridgehead atoms. The molecule has 1 aliphatic rings. The van der Waals surface area contributed by atoms with Gasteiger partial charge in [-0.15, -0.1) is 0 Å². The molecule has 3 rings (SSSR count). The van der Waals surface area contributed by atoms with E-state index >= 15 is 0 Å². The highest BCUT2D eigenvalue weighted by Gasteiger charge is 2.26. The summed E-state index contributed by atoms with van der Waals surface area (Å²) in [4.78, 5) is 0. The Balaban J connectivity index is 1.59. The van der Waals surface area contributed by atoms with Gasteiger partial charge in [0.2, 0.25) is 11.7 Å². The van der Waals surface area contributed by atoms with Crippen LogP contribution in [-0.2, 0) is 10.2 Å². The van der Waals surface area contributed by atoms with Gasteiger partial charge in [-0.1, -0.05) is 5.16 Å². The zero-order valence-corrected chi connectivity index (χ0v) is 16.8. The molecule has 0 aliphatic carbocycles. The van der Waals surface area contributed by atoms with Crippen molar-refractivity contribution in [2.24, 2.45) is 5.16 Å². The van der Waals surface area contributed by atoms with Crippen molar-refractivity contribution in [3.63, 3.8) is 0 Å². The summed E-state index contributed by atoms with van der Waals surface area (Å²) in [5.41, 5.74) is 0.556. The van der Waals surface area contributed by atoms with E-state index in [9.17, 15) is 18.0 Å². The summed E-state index contributed by atoms with van der Waals surface area (Å²) in [6.45, 7) is 1.55. The molecule has 0 amide bonds. The topological polar surface area (TPSA) is 145 Å². The molecule has 1 aromatic heterocycles. The van der Waals surface area contributed by atoms with E-state index in [1.165, 1.54) is 22.5 Å². The number of nitrogens with zero attached hydrogens (tertiary/aromatic N) is 4. The lowest BCUT2D eigenvalue weighted by atomic mass is 10.3. The van der Waals surface area contributed by atoms with Gasteiger partial charge in [0.1, 0.15) is 5.82 Å². The molecule has 4 N–H and O–H groups in total. The SMILES string of the molecule is O=S1(=O)NCCN1CCCNc1nonc1C(=NO)Nc1ccc(F)c(Br)c1. The Hall–Kier alpha value is -2.29. The number of hydrogen-bond acceptors (Lipinski definition) is 8. The first-order valence-electron chi connectivity index (χ1n) is 8.16. The molecule has 1 aliphatic heterocycles. The highest BCUT2D eigenvalue weighted by molar-refractivity contribution is 9.10. The average molecular weight is 478 g/mol. The number of anilines is 2. The molecule has 1 aromatic carbocycles. The first kappa shape index (κ1) is 20.4. The van der Waals surface area contributed by atoms with Crippen molar-refractivity contribution in [2.45, 2.75) is 6.42 Å². The Morgan fingerprint density at radius 3 is 2.96 bits per heavy atom. The van der Waals surface area contributed by atoms with Crippen LogP contribution in [0, 0.1) is 5.82 Å². The molecule has 0 spiro atoms. The van der Waals surface area contributed by atoms with Gasteiger partial charge in [-0.2, -0.15) is 12.7 Å². The maximum Gasteiger partial charge on any atom is 0.279 e. The Bertz CT molecular complexity index is 968. The van der Waals surface area contributed by atoms with E-state index in [2.05, 4.69) is 46.8 Å². The van der Waals surface area contributed by atoms with Crippen molar-refractivity contribution in [1.82, 2.24) is 19.3 Å². The van der Waals surface area contributed by atoms with Gasteiger partial charge in [-0.05, 0) is 50.9 Å². The Labute approximate surface area is 168 Å². The quantitative estimate of drug-likeness (QED) is 0.153. The molecule has 1 fully saturated rings. The second-order valence-electron chi connectivity index (χ2n) is 5.74. The smallest absolute Gasteiger partial charge is 0.279 e. The number of oxime groups is 1. The molecule has 0 atom stereocenters.